The van der Waals surface area contributed by atoms with E-state index in [1.165, 1.54) is 0 Å². The van der Waals surface area contributed by atoms with Crippen LogP contribution in [-0.2, 0) is 4.79 Å². The van der Waals surface area contributed by atoms with Gasteiger partial charge in [-0.05, 0) is 30.9 Å². The highest BCUT2D eigenvalue weighted by molar-refractivity contribution is 6.42. The first-order valence-electron chi connectivity index (χ1n) is 6.45. The molecule has 0 atom stereocenters. The summed E-state index contributed by atoms with van der Waals surface area (Å²) in [5, 5.41) is 10.1. The molecule has 0 aliphatic heterocycles. The summed E-state index contributed by atoms with van der Waals surface area (Å²) >= 11 is 11.7. The molecule has 110 valence electrons. The summed E-state index contributed by atoms with van der Waals surface area (Å²) in [6.07, 6.45) is 1.34. The summed E-state index contributed by atoms with van der Waals surface area (Å²) < 4.78 is 5.40. The van der Waals surface area contributed by atoms with E-state index in [4.69, 9.17) is 27.9 Å². The van der Waals surface area contributed by atoms with Crippen LogP contribution >= 0.6 is 23.2 Å². The van der Waals surface area contributed by atoms with Crippen molar-refractivity contribution < 1.29 is 14.6 Å². The normalized spacial score (nSPS) is 21.2. The van der Waals surface area contributed by atoms with Crippen LogP contribution in [0.1, 0.15) is 12.8 Å². The van der Waals surface area contributed by atoms with Gasteiger partial charge in [-0.3, -0.25) is 4.79 Å². The number of aliphatic hydroxyl groups is 1. The summed E-state index contributed by atoms with van der Waals surface area (Å²) in [6.45, 7) is 0.615. The van der Waals surface area contributed by atoms with E-state index in [9.17, 15) is 9.90 Å². The lowest BCUT2D eigenvalue weighted by atomic mass is 9.82. The van der Waals surface area contributed by atoms with Gasteiger partial charge in [-0.2, -0.15) is 0 Å². The van der Waals surface area contributed by atoms with E-state index in [0.29, 0.717) is 28.3 Å². The van der Waals surface area contributed by atoms with Gasteiger partial charge in [0.2, 0.25) is 0 Å². The van der Waals surface area contributed by atoms with Gasteiger partial charge in [0.05, 0.1) is 16.1 Å². The third kappa shape index (κ3) is 4.01. The highest BCUT2D eigenvalue weighted by Gasteiger charge is 2.29. The lowest BCUT2D eigenvalue weighted by Crippen LogP contribution is -2.41. The monoisotopic (exact) mass is 317 g/mol. The number of hydrogen-bond donors (Lipinski definition) is 1. The van der Waals surface area contributed by atoms with Crippen LogP contribution < -0.4 is 4.74 Å². The second kappa shape index (κ2) is 6.66. The van der Waals surface area contributed by atoms with Crippen LogP contribution in [0, 0.1) is 5.92 Å². The average Bonchev–Trinajstić information content (AvgIpc) is 2.38. The van der Waals surface area contributed by atoms with E-state index in [1.54, 1.807) is 30.1 Å². The fourth-order valence-corrected chi connectivity index (χ4v) is 2.45. The molecule has 1 amide bonds. The average molecular weight is 318 g/mol. The largest absolute Gasteiger partial charge is 0.484 e. The molecule has 1 saturated carbocycles. The number of halogens is 2. The lowest BCUT2D eigenvalue weighted by molar-refractivity contribution is -0.133. The van der Waals surface area contributed by atoms with E-state index in [-0.39, 0.29) is 18.6 Å². The molecule has 0 radical (unpaired) electrons. The maximum Gasteiger partial charge on any atom is 0.260 e. The van der Waals surface area contributed by atoms with Crippen LogP contribution in [0.4, 0.5) is 0 Å². The van der Waals surface area contributed by atoms with Crippen molar-refractivity contribution in [1.82, 2.24) is 4.90 Å². The third-order valence-electron chi connectivity index (χ3n) is 3.42. The minimum Gasteiger partial charge on any atom is -0.484 e. The van der Waals surface area contributed by atoms with Crippen LogP contribution in [-0.4, -0.2) is 42.2 Å². The van der Waals surface area contributed by atoms with Crippen molar-refractivity contribution in [2.75, 3.05) is 20.2 Å². The van der Waals surface area contributed by atoms with Gasteiger partial charge in [-0.25, -0.2) is 0 Å². The molecule has 0 bridgehead atoms. The minimum absolute atomic E-state index is 0.0380. The molecule has 1 aromatic carbocycles. The van der Waals surface area contributed by atoms with E-state index < -0.39 is 0 Å². The van der Waals surface area contributed by atoms with E-state index in [0.717, 1.165) is 12.8 Å². The fourth-order valence-electron chi connectivity index (χ4n) is 2.16. The molecule has 0 saturated heterocycles. The Kier molecular flexibility index (Phi) is 5.13. The second-order valence-corrected chi connectivity index (χ2v) is 5.94. The zero-order valence-corrected chi connectivity index (χ0v) is 12.7. The standard InChI is InChI=1S/C14H17Cl2NO3/c1-17(7-9-4-10(18)5-9)14(19)8-20-11-2-3-12(15)13(16)6-11/h2-3,6,9-10,18H,4-5,7-8H2,1H3. The summed E-state index contributed by atoms with van der Waals surface area (Å²) in [4.78, 5) is 13.5. The number of hydrogen-bond acceptors (Lipinski definition) is 3. The van der Waals surface area contributed by atoms with Crippen molar-refractivity contribution in [3.63, 3.8) is 0 Å². The Balaban J connectivity index is 1.77. The van der Waals surface area contributed by atoms with Crippen LogP contribution in [0.2, 0.25) is 10.0 Å². The molecule has 2 rings (SSSR count). The molecule has 0 unspecified atom stereocenters. The predicted molar refractivity (Wildman–Crippen MR) is 78.3 cm³/mol. The van der Waals surface area contributed by atoms with Gasteiger partial charge in [0.15, 0.2) is 6.61 Å². The molecule has 1 fully saturated rings. The van der Waals surface area contributed by atoms with E-state index in [2.05, 4.69) is 0 Å². The molecule has 6 heteroatoms. The quantitative estimate of drug-likeness (QED) is 0.908. The van der Waals surface area contributed by atoms with Gasteiger partial charge >= 0.3 is 0 Å². The molecule has 1 aliphatic carbocycles. The first-order chi connectivity index (χ1) is 9.45. The Labute approximate surface area is 128 Å². The molecule has 1 N–H and O–H groups in total. The maximum atomic E-state index is 11.9. The number of carbonyl (C=O) groups is 1. The molecule has 0 spiro atoms. The van der Waals surface area contributed by atoms with E-state index in [1.807, 2.05) is 0 Å². The van der Waals surface area contributed by atoms with Gasteiger partial charge < -0.3 is 14.7 Å². The molecule has 0 heterocycles. The molecule has 20 heavy (non-hydrogen) atoms. The first-order valence-corrected chi connectivity index (χ1v) is 7.21. The number of amides is 1. The van der Waals surface area contributed by atoms with Crippen molar-refractivity contribution in [3.8, 4) is 5.75 Å². The van der Waals surface area contributed by atoms with Crippen molar-refractivity contribution in [2.45, 2.75) is 18.9 Å². The fraction of sp³-hybridized carbons (Fsp3) is 0.500. The Bertz CT molecular complexity index is 489. The van der Waals surface area contributed by atoms with E-state index >= 15 is 0 Å². The highest BCUT2D eigenvalue weighted by atomic mass is 35.5. The van der Waals surface area contributed by atoms with Crippen molar-refractivity contribution in [3.05, 3.63) is 28.2 Å². The summed E-state index contributed by atoms with van der Waals surface area (Å²) in [5.74, 6) is 0.807. The van der Waals surface area contributed by atoms with Crippen molar-refractivity contribution >= 4 is 29.1 Å². The van der Waals surface area contributed by atoms with Crippen LogP contribution in [0.25, 0.3) is 0 Å². The summed E-state index contributed by atoms with van der Waals surface area (Å²) in [6, 6.07) is 4.88. The Morgan fingerprint density at radius 3 is 2.70 bits per heavy atom. The van der Waals surface area contributed by atoms with Gasteiger partial charge in [0.1, 0.15) is 5.75 Å². The van der Waals surface area contributed by atoms with Gasteiger partial charge in [0, 0.05) is 19.7 Å². The highest BCUT2D eigenvalue weighted by Crippen LogP contribution is 2.28. The maximum absolute atomic E-state index is 11.9. The number of aliphatic hydroxyl groups excluding tert-OH is 1. The van der Waals surface area contributed by atoms with Gasteiger partial charge in [0.25, 0.3) is 5.91 Å². The summed E-state index contributed by atoms with van der Waals surface area (Å²) in [5.41, 5.74) is 0. The van der Waals surface area contributed by atoms with Crippen molar-refractivity contribution in [1.29, 1.82) is 0 Å². The molecule has 4 nitrogen and oxygen atoms in total. The Morgan fingerprint density at radius 2 is 2.10 bits per heavy atom. The summed E-state index contributed by atoms with van der Waals surface area (Å²) in [7, 11) is 1.74. The number of carbonyl (C=O) groups excluding carboxylic acids is 1. The third-order valence-corrected chi connectivity index (χ3v) is 4.16. The first kappa shape index (κ1) is 15.4. The minimum atomic E-state index is -0.198. The van der Waals surface area contributed by atoms with Crippen LogP contribution in [0.3, 0.4) is 0 Å². The molecule has 0 aromatic heterocycles. The topological polar surface area (TPSA) is 49.8 Å². The number of rotatable bonds is 5. The lowest BCUT2D eigenvalue weighted by Gasteiger charge is -2.34. The Morgan fingerprint density at radius 1 is 1.40 bits per heavy atom. The van der Waals surface area contributed by atoms with Crippen LogP contribution in [0.15, 0.2) is 18.2 Å². The smallest absolute Gasteiger partial charge is 0.260 e. The molecular weight excluding hydrogens is 301 g/mol. The van der Waals surface area contributed by atoms with Crippen molar-refractivity contribution in [2.24, 2.45) is 5.92 Å². The number of ether oxygens (including phenoxy) is 1. The molecule has 1 aliphatic rings. The zero-order chi connectivity index (χ0) is 14.7. The predicted octanol–water partition coefficient (Wildman–Crippen LogP) is 2.60. The number of nitrogens with zero attached hydrogens (tertiary/aromatic N) is 1. The van der Waals surface area contributed by atoms with Gasteiger partial charge in [-0.1, -0.05) is 23.2 Å². The molecule has 1 aromatic rings. The number of benzene rings is 1. The van der Waals surface area contributed by atoms with Gasteiger partial charge in [-0.15, -0.1) is 0 Å². The second-order valence-electron chi connectivity index (χ2n) is 5.13. The molecular formula is C14H17Cl2NO3. The zero-order valence-electron chi connectivity index (χ0n) is 11.2. The SMILES string of the molecule is CN(CC1CC(O)C1)C(=O)COc1ccc(Cl)c(Cl)c1. The number of likely N-dealkylation sites (N-methyl/N-ethyl adjacent to an activating group) is 1. The van der Waals surface area contributed by atoms with Crippen LogP contribution in [0.5, 0.6) is 5.75 Å². The Hall–Kier alpha value is -0.970.